The number of likely N-dealkylation sites (N-methyl/N-ethyl adjacent to an activating group) is 1. The molecule has 0 aliphatic rings. The number of rotatable bonds is 9. The quantitative estimate of drug-likeness (QED) is 0.696. The minimum Gasteiger partial charge on any atom is -0.344 e. The number of hydrogen-bond acceptors (Lipinski definition) is 4. The van der Waals surface area contributed by atoms with E-state index >= 15 is 0 Å². The van der Waals surface area contributed by atoms with Gasteiger partial charge in [-0.1, -0.05) is 38.1 Å². The van der Waals surface area contributed by atoms with E-state index in [1.54, 1.807) is 48.6 Å². The number of hydrogen-bond donors (Lipinski definition) is 2. The largest absolute Gasteiger partial charge is 0.344 e. The maximum Gasteiger partial charge on any atom is 0.251 e. The standard InChI is InChI=1S/C22H30N4O2/c1-16(2)19(23)11-13-26(3)22(28)20(14-17-8-7-12-24-15-17)25-21(27)18-9-5-4-6-10-18/h4-10,12,15-16,19-20H,11,13-14,23H2,1-3H3,(H,25,27). The van der Waals surface area contributed by atoms with Crippen molar-refractivity contribution in [2.24, 2.45) is 11.7 Å². The molecule has 2 aromatic rings. The van der Waals surface area contributed by atoms with Gasteiger partial charge < -0.3 is 16.0 Å². The van der Waals surface area contributed by atoms with Crippen molar-refractivity contribution < 1.29 is 9.59 Å². The summed E-state index contributed by atoms with van der Waals surface area (Å²) in [5.41, 5.74) is 7.52. The average Bonchev–Trinajstić information content (AvgIpc) is 2.71. The maximum atomic E-state index is 13.0. The van der Waals surface area contributed by atoms with E-state index in [0.717, 1.165) is 5.56 Å². The number of pyridine rings is 1. The molecule has 28 heavy (non-hydrogen) atoms. The van der Waals surface area contributed by atoms with Crippen LogP contribution >= 0.6 is 0 Å². The van der Waals surface area contributed by atoms with E-state index in [1.165, 1.54) is 0 Å². The van der Waals surface area contributed by atoms with Gasteiger partial charge in [0, 0.05) is 44.0 Å². The van der Waals surface area contributed by atoms with Gasteiger partial charge in [-0.25, -0.2) is 0 Å². The van der Waals surface area contributed by atoms with Crippen molar-refractivity contribution in [2.75, 3.05) is 13.6 Å². The summed E-state index contributed by atoms with van der Waals surface area (Å²) in [4.78, 5) is 31.4. The maximum absolute atomic E-state index is 13.0. The van der Waals surface area contributed by atoms with Gasteiger partial charge in [0.15, 0.2) is 0 Å². The molecule has 1 aromatic carbocycles. The highest BCUT2D eigenvalue weighted by Crippen LogP contribution is 2.09. The van der Waals surface area contributed by atoms with Crippen molar-refractivity contribution in [3.63, 3.8) is 0 Å². The number of aromatic nitrogens is 1. The molecular weight excluding hydrogens is 352 g/mol. The first-order valence-corrected chi connectivity index (χ1v) is 9.64. The highest BCUT2D eigenvalue weighted by atomic mass is 16.2. The normalized spacial score (nSPS) is 13.0. The molecule has 0 saturated heterocycles. The van der Waals surface area contributed by atoms with Crippen LogP contribution in [0.5, 0.6) is 0 Å². The minimum atomic E-state index is -0.669. The van der Waals surface area contributed by atoms with Gasteiger partial charge in [-0.3, -0.25) is 14.6 Å². The third kappa shape index (κ3) is 6.46. The topological polar surface area (TPSA) is 88.3 Å². The third-order valence-electron chi connectivity index (χ3n) is 4.83. The summed E-state index contributed by atoms with van der Waals surface area (Å²) in [5, 5.41) is 2.88. The number of benzene rings is 1. The Morgan fingerprint density at radius 1 is 1.14 bits per heavy atom. The second-order valence-corrected chi connectivity index (χ2v) is 7.41. The Hall–Kier alpha value is -2.73. The van der Waals surface area contributed by atoms with Crippen molar-refractivity contribution >= 4 is 11.8 Å². The summed E-state index contributed by atoms with van der Waals surface area (Å²) in [6.07, 6.45) is 4.49. The predicted octanol–water partition coefficient (Wildman–Crippen LogP) is 2.25. The Bertz CT molecular complexity index is 750. The Balaban J connectivity index is 2.10. The van der Waals surface area contributed by atoms with Crippen LogP contribution in [0, 0.1) is 5.92 Å². The molecule has 0 radical (unpaired) electrons. The van der Waals surface area contributed by atoms with E-state index in [4.69, 9.17) is 5.73 Å². The molecule has 0 aliphatic carbocycles. The van der Waals surface area contributed by atoms with Crippen LogP contribution in [-0.4, -0.2) is 47.4 Å². The van der Waals surface area contributed by atoms with Crippen molar-refractivity contribution in [3.8, 4) is 0 Å². The fourth-order valence-electron chi connectivity index (χ4n) is 2.84. The van der Waals surface area contributed by atoms with Gasteiger partial charge in [-0.15, -0.1) is 0 Å². The summed E-state index contributed by atoms with van der Waals surface area (Å²) in [6, 6.07) is 12.0. The summed E-state index contributed by atoms with van der Waals surface area (Å²) >= 11 is 0. The smallest absolute Gasteiger partial charge is 0.251 e. The highest BCUT2D eigenvalue weighted by molar-refractivity contribution is 5.97. The van der Waals surface area contributed by atoms with Crippen LogP contribution in [0.15, 0.2) is 54.9 Å². The molecule has 3 N–H and O–H groups in total. The van der Waals surface area contributed by atoms with E-state index in [0.29, 0.717) is 30.9 Å². The van der Waals surface area contributed by atoms with Crippen LogP contribution in [-0.2, 0) is 11.2 Å². The number of nitrogens with zero attached hydrogens (tertiary/aromatic N) is 2. The van der Waals surface area contributed by atoms with Crippen LogP contribution in [0.4, 0.5) is 0 Å². The lowest BCUT2D eigenvalue weighted by atomic mass is 10.0. The molecule has 150 valence electrons. The van der Waals surface area contributed by atoms with Crippen LogP contribution < -0.4 is 11.1 Å². The molecule has 6 heteroatoms. The van der Waals surface area contributed by atoms with Crippen LogP contribution in [0.25, 0.3) is 0 Å². The van der Waals surface area contributed by atoms with Gasteiger partial charge in [0.05, 0.1) is 0 Å². The van der Waals surface area contributed by atoms with Gasteiger partial charge >= 0.3 is 0 Å². The summed E-state index contributed by atoms with van der Waals surface area (Å²) < 4.78 is 0. The van der Waals surface area contributed by atoms with Crippen molar-refractivity contribution in [3.05, 3.63) is 66.0 Å². The van der Waals surface area contributed by atoms with Gasteiger partial charge in [-0.2, -0.15) is 0 Å². The second kappa shape index (κ2) is 10.6. The predicted molar refractivity (Wildman–Crippen MR) is 111 cm³/mol. The van der Waals surface area contributed by atoms with Gasteiger partial charge in [0.1, 0.15) is 6.04 Å². The van der Waals surface area contributed by atoms with Crippen molar-refractivity contribution in [2.45, 2.75) is 38.8 Å². The Kier molecular flexibility index (Phi) is 8.14. The molecule has 2 unspecified atom stereocenters. The first-order valence-electron chi connectivity index (χ1n) is 9.64. The summed E-state index contributed by atoms with van der Waals surface area (Å²) in [5.74, 6) is -0.0494. The first-order chi connectivity index (χ1) is 13.4. The Labute approximate surface area is 167 Å². The van der Waals surface area contributed by atoms with E-state index in [9.17, 15) is 9.59 Å². The molecule has 0 bridgehead atoms. The molecular formula is C22H30N4O2. The van der Waals surface area contributed by atoms with Gasteiger partial charge in [0.25, 0.3) is 5.91 Å². The van der Waals surface area contributed by atoms with E-state index in [2.05, 4.69) is 24.1 Å². The molecule has 0 fully saturated rings. The second-order valence-electron chi connectivity index (χ2n) is 7.41. The van der Waals surface area contributed by atoms with E-state index in [-0.39, 0.29) is 17.9 Å². The molecule has 2 amide bonds. The molecule has 1 aromatic heterocycles. The van der Waals surface area contributed by atoms with E-state index < -0.39 is 6.04 Å². The zero-order chi connectivity index (χ0) is 20.5. The van der Waals surface area contributed by atoms with Crippen LogP contribution in [0.3, 0.4) is 0 Å². The Morgan fingerprint density at radius 2 is 1.86 bits per heavy atom. The molecule has 0 aliphatic heterocycles. The Morgan fingerprint density at radius 3 is 2.46 bits per heavy atom. The molecule has 1 heterocycles. The molecule has 0 saturated carbocycles. The SMILES string of the molecule is CC(C)C(N)CCN(C)C(=O)C(Cc1cccnc1)NC(=O)c1ccccc1. The average molecular weight is 383 g/mol. The molecule has 2 rings (SSSR count). The van der Waals surface area contributed by atoms with Gasteiger partial charge in [-0.05, 0) is 36.1 Å². The fourth-order valence-corrected chi connectivity index (χ4v) is 2.84. The number of amides is 2. The molecule has 2 atom stereocenters. The van der Waals surface area contributed by atoms with Crippen LogP contribution in [0.2, 0.25) is 0 Å². The lowest BCUT2D eigenvalue weighted by Gasteiger charge is -2.26. The van der Waals surface area contributed by atoms with E-state index in [1.807, 2.05) is 18.2 Å². The fraction of sp³-hybridized carbons (Fsp3) is 0.409. The lowest BCUT2D eigenvalue weighted by molar-refractivity contribution is -0.132. The van der Waals surface area contributed by atoms with Crippen molar-refractivity contribution in [1.29, 1.82) is 0 Å². The van der Waals surface area contributed by atoms with Crippen LogP contribution in [0.1, 0.15) is 36.2 Å². The number of nitrogens with one attached hydrogen (secondary N) is 1. The number of nitrogens with two attached hydrogens (primary N) is 1. The zero-order valence-corrected chi connectivity index (χ0v) is 16.8. The van der Waals surface area contributed by atoms with Gasteiger partial charge in [0.2, 0.25) is 5.91 Å². The number of carbonyl (C=O) groups is 2. The monoisotopic (exact) mass is 382 g/mol. The minimum absolute atomic E-state index is 0.0333. The summed E-state index contributed by atoms with van der Waals surface area (Å²) in [6.45, 7) is 4.68. The third-order valence-corrected chi connectivity index (χ3v) is 4.83. The highest BCUT2D eigenvalue weighted by Gasteiger charge is 2.25. The van der Waals surface area contributed by atoms with Crippen molar-refractivity contribution in [1.82, 2.24) is 15.2 Å². The lowest BCUT2D eigenvalue weighted by Crippen LogP contribution is -2.49. The summed E-state index contributed by atoms with van der Waals surface area (Å²) in [7, 11) is 1.75. The zero-order valence-electron chi connectivity index (χ0n) is 16.8. The molecule has 6 nitrogen and oxygen atoms in total. The first kappa shape index (κ1) is 21.6. The number of carbonyl (C=O) groups excluding carboxylic acids is 2. The molecule has 0 spiro atoms.